The molecule has 0 radical (unpaired) electrons. The molecule has 0 aliphatic carbocycles. The molecule has 14 N–H and O–H groups in total. The number of aromatic amines is 1. The van der Waals surface area contributed by atoms with Crippen LogP contribution in [0.3, 0.4) is 0 Å². The molecule has 0 spiro atoms. The number of nitrogens with one attached hydrogen (secondary N) is 2. The molecule has 186 valence electrons. The number of nitrogens with two attached hydrogens (primary N) is 4. The lowest BCUT2D eigenvalue weighted by Gasteiger charge is -2.08. The van der Waals surface area contributed by atoms with Crippen LogP contribution in [0.25, 0.3) is 0 Å². The van der Waals surface area contributed by atoms with Crippen molar-refractivity contribution in [3.8, 4) is 0 Å². The minimum absolute atomic E-state index is 0.263. The standard InChI is InChI=1S/C6H9N3O2.C6H14N2O3.C6H14N2O2/c7-5(6(10)11)1-4-2-8-3-9-4;7-4-2-1-3-5(8-11)6(9)10;7-4-2-1-3-5(8)6(9)10/h2-3,5H,1,7H2,(H,8,9)(H,10,11);5,8,11H,1-4,7H2,(H,9,10);5H,1-4,7-8H2,(H,9,10)/t3*5-/m000/s1. The zero-order valence-electron chi connectivity index (χ0n) is 18.0. The summed E-state index contributed by atoms with van der Waals surface area (Å²) in [4.78, 5) is 37.2. The molecule has 1 rings (SSSR count). The van der Waals surface area contributed by atoms with Gasteiger partial charge in [0.1, 0.15) is 18.1 Å². The van der Waals surface area contributed by atoms with Crippen molar-refractivity contribution in [2.75, 3.05) is 13.1 Å². The smallest absolute Gasteiger partial charge is 0.323 e. The van der Waals surface area contributed by atoms with E-state index in [1.807, 2.05) is 0 Å². The lowest BCUT2D eigenvalue weighted by molar-refractivity contribution is -0.142. The van der Waals surface area contributed by atoms with E-state index in [-0.39, 0.29) is 6.42 Å². The predicted octanol–water partition coefficient (Wildman–Crippen LogP) is -1.56. The predicted molar refractivity (Wildman–Crippen MR) is 116 cm³/mol. The van der Waals surface area contributed by atoms with E-state index in [0.29, 0.717) is 38.0 Å². The molecule has 1 aromatic heterocycles. The summed E-state index contributed by atoms with van der Waals surface area (Å²) >= 11 is 0. The lowest BCUT2D eigenvalue weighted by Crippen LogP contribution is -2.34. The second-order valence-electron chi connectivity index (χ2n) is 6.74. The average molecular weight is 464 g/mol. The van der Waals surface area contributed by atoms with Crippen molar-refractivity contribution >= 4 is 17.9 Å². The highest BCUT2D eigenvalue weighted by Gasteiger charge is 2.14. The molecule has 0 aromatic carbocycles. The average Bonchev–Trinajstić information content (AvgIpc) is 3.25. The summed E-state index contributed by atoms with van der Waals surface area (Å²) < 4.78 is 0. The number of hydrogen-bond acceptors (Lipinski definition) is 10. The van der Waals surface area contributed by atoms with E-state index >= 15 is 0 Å². The maximum atomic E-state index is 10.3. The maximum absolute atomic E-state index is 10.3. The van der Waals surface area contributed by atoms with Gasteiger partial charge in [-0.15, -0.1) is 0 Å². The van der Waals surface area contributed by atoms with Gasteiger partial charge in [0.2, 0.25) is 0 Å². The molecule has 1 heterocycles. The highest BCUT2D eigenvalue weighted by molar-refractivity contribution is 5.73. The number of hydroxylamine groups is 1. The van der Waals surface area contributed by atoms with Crippen LogP contribution < -0.4 is 28.4 Å². The molecule has 1 aromatic rings. The van der Waals surface area contributed by atoms with Gasteiger partial charge in [0.25, 0.3) is 0 Å². The Balaban J connectivity index is 0. The zero-order chi connectivity index (χ0) is 24.9. The van der Waals surface area contributed by atoms with Crippen LogP contribution in [0.4, 0.5) is 0 Å². The molecule has 0 saturated heterocycles. The van der Waals surface area contributed by atoms with Gasteiger partial charge >= 0.3 is 17.9 Å². The first-order valence-corrected chi connectivity index (χ1v) is 10.1. The zero-order valence-corrected chi connectivity index (χ0v) is 18.0. The molecule has 0 aliphatic heterocycles. The van der Waals surface area contributed by atoms with Gasteiger partial charge in [0, 0.05) is 12.6 Å². The Morgan fingerprint density at radius 1 is 0.906 bits per heavy atom. The van der Waals surface area contributed by atoms with Crippen molar-refractivity contribution in [1.82, 2.24) is 15.4 Å². The van der Waals surface area contributed by atoms with Crippen molar-refractivity contribution in [3.05, 3.63) is 18.2 Å². The van der Waals surface area contributed by atoms with Gasteiger partial charge in [-0.3, -0.25) is 14.4 Å². The lowest BCUT2D eigenvalue weighted by atomic mass is 10.1. The highest BCUT2D eigenvalue weighted by atomic mass is 16.5. The number of hydrogen-bond donors (Lipinski definition) is 10. The van der Waals surface area contributed by atoms with Crippen LogP contribution in [0, 0.1) is 0 Å². The van der Waals surface area contributed by atoms with Crippen molar-refractivity contribution < 1.29 is 34.9 Å². The number of imidazole rings is 1. The minimum Gasteiger partial charge on any atom is -0.480 e. The molecule has 3 atom stereocenters. The number of aliphatic carboxylic acids is 3. The third-order valence-corrected chi connectivity index (χ3v) is 3.99. The summed E-state index contributed by atoms with van der Waals surface area (Å²) in [7, 11) is 0. The monoisotopic (exact) mass is 463 g/mol. The molecule has 0 bridgehead atoms. The van der Waals surface area contributed by atoms with E-state index in [1.54, 1.807) is 11.7 Å². The van der Waals surface area contributed by atoms with E-state index in [1.165, 1.54) is 6.33 Å². The summed E-state index contributed by atoms with van der Waals surface area (Å²) in [6, 6.07) is -2.44. The number of nitrogens with zero attached hydrogens (tertiary/aromatic N) is 1. The largest absolute Gasteiger partial charge is 0.480 e. The molecule has 14 heteroatoms. The van der Waals surface area contributed by atoms with E-state index in [0.717, 1.165) is 19.3 Å². The molecule has 0 aliphatic rings. The van der Waals surface area contributed by atoms with Crippen molar-refractivity contribution in [1.29, 1.82) is 0 Å². The van der Waals surface area contributed by atoms with Crippen molar-refractivity contribution in [2.45, 2.75) is 63.1 Å². The van der Waals surface area contributed by atoms with E-state index in [4.69, 9.17) is 43.5 Å². The Hall–Kier alpha value is -2.62. The third kappa shape index (κ3) is 18.2. The number of carbonyl (C=O) groups is 3. The number of carboxylic acid groups (broad SMARTS) is 3. The van der Waals surface area contributed by atoms with Gasteiger partial charge in [-0.2, -0.15) is 5.48 Å². The van der Waals surface area contributed by atoms with Crippen LogP contribution in [0.15, 0.2) is 12.5 Å². The van der Waals surface area contributed by atoms with Crippen molar-refractivity contribution in [3.63, 3.8) is 0 Å². The molecule has 14 nitrogen and oxygen atoms in total. The Morgan fingerprint density at radius 3 is 1.81 bits per heavy atom. The Bertz CT molecular complexity index is 617. The fourth-order valence-corrected chi connectivity index (χ4v) is 2.08. The van der Waals surface area contributed by atoms with Crippen molar-refractivity contribution in [2.24, 2.45) is 22.9 Å². The first-order chi connectivity index (χ1) is 15.1. The summed E-state index contributed by atoms with van der Waals surface area (Å²) in [5.74, 6) is -2.98. The number of rotatable bonds is 14. The quantitative estimate of drug-likeness (QED) is 0.110. The minimum atomic E-state index is -1.04. The van der Waals surface area contributed by atoms with Gasteiger partial charge in [-0.1, -0.05) is 6.42 Å². The fourth-order valence-electron chi connectivity index (χ4n) is 2.08. The van der Waals surface area contributed by atoms with Crippen LogP contribution in [0.1, 0.15) is 44.2 Å². The molecular formula is C18H37N7O7. The van der Waals surface area contributed by atoms with Gasteiger partial charge in [0.15, 0.2) is 0 Å². The fraction of sp³-hybridized carbons (Fsp3) is 0.667. The number of H-pyrrole nitrogens is 1. The molecule has 0 fully saturated rings. The highest BCUT2D eigenvalue weighted by Crippen LogP contribution is 1.99. The Kier molecular flexibility index (Phi) is 20.0. The van der Waals surface area contributed by atoms with Gasteiger partial charge < -0.3 is 48.4 Å². The molecular weight excluding hydrogens is 426 g/mol. The van der Waals surface area contributed by atoms with Gasteiger partial charge in [0.05, 0.1) is 12.0 Å². The van der Waals surface area contributed by atoms with Crippen LogP contribution in [0.2, 0.25) is 0 Å². The third-order valence-electron chi connectivity index (χ3n) is 3.99. The maximum Gasteiger partial charge on any atom is 0.323 e. The normalized spacial score (nSPS) is 12.9. The second kappa shape index (κ2) is 20.3. The van der Waals surface area contributed by atoms with Gasteiger partial charge in [-0.25, -0.2) is 4.98 Å². The number of carboxylic acids is 3. The summed E-state index contributed by atoms with van der Waals surface area (Å²) in [5.41, 5.74) is 23.3. The van der Waals surface area contributed by atoms with E-state index < -0.39 is 36.0 Å². The molecule has 0 saturated carbocycles. The summed E-state index contributed by atoms with van der Waals surface area (Å²) in [6.45, 7) is 1.16. The SMILES string of the molecule is NCCCC[C@H](N)C(=O)O.NCCCC[C@H](NO)C(=O)O.N[C@@H](Cc1c[nH]cn1)C(=O)O. The molecule has 0 amide bonds. The molecule has 0 unspecified atom stereocenters. The summed E-state index contributed by atoms with van der Waals surface area (Å²) in [5, 5.41) is 33.5. The molecule has 32 heavy (non-hydrogen) atoms. The van der Waals surface area contributed by atoms with Crippen LogP contribution in [-0.2, 0) is 20.8 Å². The van der Waals surface area contributed by atoms with Crippen LogP contribution >= 0.6 is 0 Å². The van der Waals surface area contributed by atoms with E-state index in [2.05, 4.69) is 9.97 Å². The topological polar surface area (TPSA) is 277 Å². The number of unbranched alkanes of at least 4 members (excludes halogenated alkanes) is 2. The first kappa shape index (κ1) is 31.6. The summed E-state index contributed by atoms with van der Waals surface area (Å²) in [6.07, 6.45) is 7.44. The Labute approximate surface area is 186 Å². The van der Waals surface area contributed by atoms with Gasteiger partial charge in [-0.05, 0) is 45.2 Å². The van der Waals surface area contributed by atoms with Crippen LogP contribution in [-0.4, -0.2) is 79.6 Å². The first-order valence-electron chi connectivity index (χ1n) is 10.1. The van der Waals surface area contributed by atoms with E-state index in [9.17, 15) is 14.4 Å². The second-order valence-corrected chi connectivity index (χ2v) is 6.74. The van der Waals surface area contributed by atoms with Crippen LogP contribution in [0.5, 0.6) is 0 Å². The Morgan fingerprint density at radius 2 is 1.44 bits per heavy atom. The number of aromatic nitrogens is 2.